The Morgan fingerprint density at radius 1 is 1.24 bits per heavy atom. The smallest absolute Gasteiger partial charge is 0.334 e. The monoisotopic (exact) mass is 287 g/mol. The van der Waals surface area contributed by atoms with Gasteiger partial charge in [-0.15, -0.1) is 0 Å². The molecule has 1 aliphatic carbocycles. The van der Waals surface area contributed by atoms with E-state index < -0.39 is 0 Å². The van der Waals surface area contributed by atoms with Crippen LogP contribution >= 0.6 is 0 Å². The fraction of sp³-hybridized carbons (Fsp3) is 0.333. The quantitative estimate of drug-likeness (QED) is 0.700. The molecule has 0 bridgehead atoms. The molecular formula is C15H14FN3O2. The molecule has 0 amide bonds. The van der Waals surface area contributed by atoms with Gasteiger partial charge in [0.25, 0.3) is 0 Å². The van der Waals surface area contributed by atoms with Gasteiger partial charge in [0.05, 0.1) is 5.69 Å². The number of aryl methyl sites for hydroxylation is 1. The van der Waals surface area contributed by atoms with Crippen LogP contribution < -0.4 is 5.69 Å². The van der Waals surface area contributed by atoms with Gasteiger partial charge < -0.3 is 9.40 Å². The lowest BCUT2D eigenvalue weighted by Gasteiger charge is -2.02. The molecule has 6 heteroatoms. The molecule has 0 unspecified atom stereocenters. The molecule has 1 aliphatic rings. The lowest BCUT2D eigenvalue weighted by molar-refractivity contribution is 0.548. The molecule has 5 nitrogen and oxygen atoms in total. The van der Waals surface area contributed by atoms with E-state index in [0.717, 1.165) is 43.5 Å². The van der Waals surface area contributed by atoms with Crippen molar-refractivity contribution in [3.63, 3.8) is 0 Å². The first-order valence-electron chi connectivity index (χ1n) is 7.11. The molecule has 0 aliphatic heterocycles. The van der Waals surface area contributed by atoms with Crippen molar-refractivity contribution in [2.45, 2.75) is 32.1 Å². The zero-order valence-corrected chi connectivity index (χ0v) is 11.4. The summed E-state index contributed by atoms with van der Waals surface area (Å²) >= 11 is 0. The normalized spacial score (nSPS) is 15.1. The lowest BCUT2D eigenvalue weighted by Crippen LogP contribution is -2.17. The number of hydrogen-bond donors (Lipinski definition) is 1. The molecular weight excluding hydrogens is 273 g/mol. The fourth-order valence-electron chi connectivity index (χ4n) is 2.94. The Balaban J connectivity index is 1.92. The standard InChI is InChI=1S/C15H14FN3O2/c16-9-6-7-13-11(8-9)18-15(21-13)19-12-5-3-1-2-4-10(12)17-14(19)20/h6-8H,1-5H2,(H,17,20). The van der Waals surface area contributed by atoms with Gasteiger partial charge in [0, 0.05) is 11.8 Å². The van der Waals surface area contributed by atoms with E-state index in [1.54, 1.807) is 0 Å². The van der Waals surface area contributed by atoms with Crippen LogP contribution in [0.1, 0.15) is 30.7 Å². The highest BCUT2D eigenvalue weighted by Gasteiger charge is 2.20. The van der Waals surface area contributed by atoms with Crippen molar-refractivity contribution in [1.29, 1.82) is 0 Å². The second-order valence-electron chi connectivity index (χ2n) is 5.36. The Morgan fingerprint density at radius 2 is 2.10 bits per heavy atom. The molecule has 3 aromatic rings. The van der Waals surface area contributed by atoms with Crippen LogP contribution in [-0.4, -0.2) is 14.5 Å². The summed E-state index contributed by atoms with van der Waals surface area (Å²) < 4.78 is 20.3. The van der Waals surface area contributed by atoms with E-state index in [1.165, 1.54) is 22.8 Å². The van der Waals surface area contributed by atoms with Gasteiger partial charge in [-0.2, -0.15) is 4.98 Å². The summed E-state index contributed by atoms with van der Waals surface area (Å²) in [4.78, 5) is 19.3. The van der Waals surface area contributed by atoms with Crippen LogP contribution in [0.4, 0.5) is 4.39 Å². The largest absolute Gasteiger partial charge is 0.423 e. The minimum absolute atomic E-state index is 0.208. The number of oxazole rings is 1. The number of hydrogen-bond acceptors (Lipinski definition) is 3. The highest BCUT2D eigenvalue weighted by Crippen LogP contribution is 2.23. The zero-order chi connectivity index (χ0) is 14.4. The molecule has 108 valence electrons. The van der Waals surface area contributed by atoms with Crippen molar-refractivity contribution in [2.24, 2.45) is 0 Å². The Hall–Kier alpha value is -2.37. The van der Waals surface area contributed by atoms with Gasteiger partial charge in [0.15, 0.2) is 5.58 Å². The second-order valence-corrected chi connectivity index (χ2v) is 5.36. The number of imidazole rings is 1. The third kappa shape index (κ3) is 1.98. The van der Waals surface area contributed by atoms with Gasteiger partial charge in [-0.3, -0.25) is 0 Å². The maximum absolute atomic E-state index is 13.2. The van der Waals surface area contributed by atoms with E-state index in [1.807, 2.05) is 0 Å². The van der Waals surface area contributed by atoms with Crippen LogP contribution in [-0.2, 0) is 12.8 Å². The van der Waals surface area contributed by atoms with Crippen molar-refractivity contribution < 1.29 is 8.81 Å². The first-order chi connectivity index (χ1) is 10.2. The molecule has 1 aromatic carbocycles. The lowest BCUT2D eigenvalue weighted by atomic mass is 10.2. The van der Waals surface area contributed by atoms with E-state index >= 15 is 0 Å². The van der Waals surface area contributed by atoms with Crippen molar-refractivity contribution in [2.75, 3.05) is 0 Å². The summed E-state index contributed by atoms with van der Waals surface area (Å²) in [5.41, 5.74) is 2.55. The highest BCUT2D eigenvalue weighted by molar-refractivity contribution is 5.73. The predicted octanol–water partition coefficient (Wildman–Crippen LogP) is 2.71. The molecule has 21 heavy (non-hydrogen) atoms. The number of aromatic nitrogens is 3. The van der Waals surface area contributed by atoms with Crippen molar-refractivity contribution >= 4 is 11.1 Å². The predicted molar refractivity (Wildman–Crippen MR) is 75.2 cm³/mol. The minimum atomic E-state index is -0.373. The number of nitrogens with zero attached hydrogens (tertiary/aromatic N) is 2. The van der Waals surface area contributed by atoms with Gasteiger partial charge in [0.1, 0.15) is 11.3 Å². The van der Waals surface area contributed by atoms with Gasteiger partial charge in [-0.05, 0) is 37.8 Å². The molecule has 0 fully saturated rings. The number of halogens is 1. The zero-order valence-electron chi connectivity index (χ0n) is 11.4. The van der Waals surface area contributed by atoms with Crippen LogP contribution in [0.3, 0.4) is 0 Å². The molecule has 0 saturated carbocycles. The summed E-state index contributed by atoms with van der Waals surface area (Å²) in [5.74, 6) is -0.373. The van der Waals surface area contributed by atoms with Gasteiger partial charge in [-0.25, -0.2) is 13.8 Å². The number of H-pyrrole nitrogens is 1. The highest BCUT2D eigenvalue weighted by atomic mass is 19.1. The fourth-order valence-corrected chi connectivity index (χ4v) is 2.94. The van der Waals surface area contributed by atoms with E-state index in [9.17, 15) is 9.18 Å². The first kappa shape index (κ1) is 12.4. The molecule has 2 heterocycles. The van der Waals surface area contributed by atoms with Gasteiger partial charge in [-0.1, -0.05) is 6.42 Å². The van der Waals surface area contributed by atoms with Crippen LogP contribution in [0.2, 0.25) is 0 Å². The summed E-state index contributed by atoms with van der Waals surface area (Å²) in [6.45, 7) is 0. The topological polar surface area (TPSA) is 63.8 Å². The molecule has 1 N–H and O–H groups in total. The van der Waals surface area contributed by atoms with E-state index in [-0.39, 0.29) is 17.5 Å². The van der Waals surface area contributed by atoms with E-state index in [2.05, 4.69) is 9.97 Å². The first-order valence-corrected chi connectivity index (χ1v) is 7.11. The number of benzene rings is 1. The van der Waals surface area contributed by atoms with Gasteiger partial charge in [0.2, 0.25) is 0 Å². The van der Waals surface area contributed by atoms with E-state index in [0.29, 0.717) is 11.1 Å². The van der Waals surface area contributed by atoms with E-state index in [4.69, 9.17) is 4.42 Å². The van der Waals surface area contributed by atoms with Crippen molar-refractivity contribution in [3.8, 4) is 6.01 Å². The molecule has 0 spiro atoms. The van der Waals surface area contributed by atoms with Crippen LogP contribution in [0.25, 0.3) is 17.1 Å². The molecule has 0 radical (unpaired) electrons. The second kappa shape index (κ2) is 4.58. The van der Waals surface area contributed by atoms with Crippen molar-refractivity contribution in [3.05, 3.63) is 45.9 Å². The number of nitrogens with one attached hydrogen (secondary N) is 1. The Morgan fingerprint density at radius 3 is 3.00 bits per heavy atom. The molecule has 0 atom stereocenters. The average Bonchev–Trinajstić information content (AvgIpc) is 2.91. The third-order valence-corrected chi connectivity index (χ3v) is 3.95. The number of rotatable bonds is 1. The maximum Gasteiger partial charge on any atom is 0.334 e. The maximum atomic E-state index is 13.2. The molecule has 0 saturated heterocycles. The SMILES string of the molecule is O=c1[nH]c2c(n1-c1nc3cc(F)ccc3o1)CCCCC2. The summed E-state index contributed by atoms with van der Waals surface area (Å²) in [7, 11) is 0. The number of aromatic amines is 1. The minimum Gasteiger partial charge on any atom is -0.423 e. The van der Waals surface area contributed by atoms with Crippen LogP contribution in [0.5, 0.6) is 0 Å². The van der Waals surface area contributed by atoms with Crippen LogP contribution in [0.15, 0.2) is 27.4 Å². The Bertz CT molecular complexity index is 875. The van der Waals surface area contributed by atoms with Crippen LogP contribution in [0, 0.1) is 5.82 Å². The summed E-state index contributed by atoms with van der Waals surface area (Å²) in [6, 6.07) is 4.36. The molecule has 2 aromatic heterocycles. The number of fused-ring (bicyclic) bond motifs is 2. The summed E-state index contributed by atoms with van der Waals surface area (Å²) in [6.07, 6.45) is 4.95. The Kier molecular flexibility index (Phi) is 2.70. The average molecular weight is 287 g/mol. The third-order valence-electron chi connectivity index (χ3n) is 3.95. The van der Waals surface area contributed by atoms with Crippen molar-refractivity contribution in [1.82, 2.24) is 14.5 Å². The Labute approximate surface area is 119 Å². The summed E-state index contributed by atoms with van der Waals surface area (Å²) in [5, 5.41) is 0. The molecule has 4 rings (SSSR count). The van der Waals surface area contributed by atoms with Gasteiger partial charge >= 0.3 is 11.7 Å².